The Balaban J connectivity index is 2.66. The number of carboxylic acid groups (broad SMARTS) is 1. The molecule has 8 nitrogen and oxygen atoms in total. The fourth-order valence-corrected chi connectivity index (χ4v) is 2.65. The van der Waals surface area contributed by atoms with Crippen molar-refractivity contribution in [3.8, 4) is 0 Å². The van der Waals surface area contributed by atoms with Crippen LogP contribution in [0.5, 0.6) is 0 Å². The molecular weight excluding hydrogens is 314 g/mol. The third kappa shape index (κ3) is 5.86. The molecule has 0 bridgehead atoms. The number of carbonyl (C=O) groups excluding carboxylic acids is 1. The van der Waals surface area contributed by atoms with Gasteiger partial charge in [0, 0.05) is 44.4 Å². The van der Waals surface area contributed by atoms with Gasteiger partial charge in [0.2, 0.25) is 5.91 Å². The van der Waals surface area contributed by atoms with E-state index in [1.165, 1.54) is 0 Å². The van der Waals surface area contributed by atoms with E-state index < -0.39 is 5.97 Å². The summed E-state index contributed by atoms with van der Waals surface area (Å²) in [7, 11) is 1.66. The largest absolute Gasteiger partial charge is 0.481 e. The Morgan fingerprint density at radius 2 is 1.88 bits per heavy atom. The van der Waals surface area contributed by atoms with Crippen molar-refractivity contribution < 1.29 is 24.9 Å². The number of rotatable bonds is 10. The number of carboxylic acids is 1. The van der Waals surface area contributed by atoms with Crippen LogP contribution in [0.1, 0.15) is 25.7 Å². The van der Waals surface area contributed by atoms with Crippen molar-refractivity contribution in [2.45, 2.75) is 31.7 Å². The Morgan fingerprint density at radius 1 is 1.25 bits per heavy atom. The predicted molar refractivity (Wildman–Crippen MR) is 88.8 cm³/mol. The van der Waals surface area contributed by atoms with Crippen molar-refractivity contribution in [1.29, 1.82) is 0 Å². The minimum Gasteiger partial charge on any atom is -0.481 e. The molecule has 1 atom stereocenters. The smallest absolute Gasteiger partial charge is 0.303 e. The molecule has 8 heteroatoms. The van der Waals surface area contributed by atoms with Crippen LogP contribution in [0.2, 0.25) is 0 Å². The van der Waals surface area contributed by atoms with Crippen LogP contribution in [0.25, 0.3) is 0 Å². The Kier molecular flexibility index (Phi) is 8.28. The van der Waals surface area contributed by atoms with Crippen molar-refractivity contribution in [3.63, 3.8) is 0 Å². The highest BCUT2D eigenvalue weighted by atomic mass is 16.4. The van der Waals surface area contributed by atoms with E-state index >= 15 is 0 Å². The van der Waals surface area contributed by atoms with Crippen molar-refractivity contribution in [3.05, 3.63) is 23.5 Å². The summed E-state index contributed by atoms with van der Waals surface area (Å²) in [5.41, 5.74) is 7.44. The van der Waals surface area contributed by atoms with Gasteiger partial charge in [0.1, 0.15) is 0 Å². The molecule has 1 aliphatic rings. The van der Waals surface area contributed by atoms with Gasteiger partial charge >= 0.3 is 5.97 Å². The number of aliphatic hydroxyl groups excluding tert-OH is 2. The van der Waals surface area contributed by atoms with Gasteiger partial charge in [-0.05, 0) is 18.9 Å². The Labute approximate surface area is 141 Å². The van der Waals surface area contributed by atoms with Gasteiger partial charge in [0.15, 0.2) is 0 Å². The number of likely N-dealkylation sites (N-methyl/N-ethyl adjacent to an activating group) is 1. The number of nitrogens with zero attached hydrogens (tertiary/aromatic N) is 2. The summed E-state index contributed by atoms with van der Waals surface area (Å²) in [5, 5.41) is 26.8. The molecule has 0 fully saturated rings. The lowest BCUT2D eigenvalue weighted by atomic mass is 10.0. The van der Waals surface area contributed by atoms with Crippen LogP contribution >= 0.6 is 0 Å². The van der Waals surface area contributed by atoms with E-state index in [1.807, 2.05) is 11.0 Å². The maximum absolute atomic E-state index is 12.1. The molecule has 0 saturated carbocycles. The van der Waals surface area contributed by atoms with E-state index in [2.05, 4.69) is 0 Å². The fraction of sp³-hybridized carbons (Fsp3) is 0.625. The summed E-state index contributed by atoms with van der Waals surface area (Å²) in [5.74, 6) is -1.06. The number of hydrogen-bond acceptors (Lipinski definition) is 6. The van der Waals surface area contributed by atoms with Gasteiger partial charge in [-0.2, -0.15) is 0 Å². The van der Waals surface area contributed by atoms with Crippen LogP contribution in [0, 0.1) is 0 Å². The van der Waals surface area contributed by atoms with Gasteiger partial charge in [-0.25, -0.2) is 0 Å². The topological polar surface area (TPSA) is 127 Å². The molecule has 5 N–H and O–H groups in total. The van der Waals surface area contributed by atoms with Gasteiger partial charge < -0.3 is 30.9 Å². The molecule has 1 aliphatic carbocycles. The highest BCUT2D eigenvalue weighted by Gasteiger charge is 2.25. The average molecular weight is 341 g/mol. The second kappa shape index (κ2) is 9.94. The quantitative estimate of drug-likeness (QED) is 0.421. The number of aliphatic hydroxyl groups is 2. The molecule has 0 aromatic heterocycles. The number of hydrogen-bond donors (Lipinski definition) is 4. The maximum Gasteiger partial charge on any atom is 0.303 e. The lowest BCUT2D eigenvalue weighted by Gasteiger charge is -2.33. The number of amides is 1. The third-order valence-electron chi connectivity index (χ3n) is 4.00. The standard InChI is InChI=1S/C16H27N3O5/c1-18(15(22)3-2-4-16(23)24)14-6-5-12(11-13(14)17)19(7-9-20)8-10-21/h5,11,14,20-21H,2-4,6-10,17H2,1H3,(H,23,24). The molecular formula is C16H27N3O5. The number of allylic oxidation sites excluding steroid dienone is 1. The summed E-state index contributed by atoms with van der Waals surface area (Å²) in [6, 6.07) is -0.267. The van der Waals surface area contributed by atoms with Crippen molar-refractivity contribution in [1.82, 2.24) is 9.80 Å². The molecule has 0 radical (unpaired) electrons. The van der Waals surface area contributed by atoms with Crippen LogP contribution in [0.15, 0.2) is 23.5 Å². The van der Waals surface area contributed by atoms with E-state index in [-0.39, 0.29) is 38.0 Å². The zero-order chi connectivity index (χ0) is 18.1. The minimum absolute atomic E-state index is 0.0309. The molecule has 136 valence electrons. The van der Waals surface area contributed by atoms with Crippen LogP contribution in [0.4, 0.5) is 0 Å². The Morgan fingerprint density at radius 3 is 2.38 bits per heavy atom. The van der Waals surface area contributed by atoms with Crippen molar-refractivity contribution >= 4 is 11.9 Å². The minimum atomic E-state index is -0.914. The van der Waals surface area contributed by atoms with Crippen LogP contribution in [0.3, 0.4) is 0 Å². The summed E-state index contributed by atoms with van der Waals surface area (Å²) < 4.78 is 0. The van der Waals surface area contributed by atoms with Crippen molar-refractivity contribution in [2.24, 2.45) is 5.73 Å². The molecule has 1 rings (SSSR count). The van der Waals surface area contributed by atoms with Crippen LogP contribution in [-0.4, -0.2) is 76.4 Å². The zero-order valence-corrected chi connectivity index (χ0v) is 14.0. The molecule has 1 amide bonds. The lowest BCUT2D eigenvalue weighted by Crippen LogP contribution is -2.42. The highest BCUT2D eigenvalue weighted by molar-refractivity contribution is 5.77. The number of nitrogens with two attached hydrogens (primary N) is 1. The summed E-state index contributed by atoms with van der Waals surface area (Å²) >= 11 is 0. The molecule has 0 aliphatic heterocycles. The van der Waals surface area contributed by atoms with E-state index in [1.54, 1.807) is 18.0 Å². The normalized spacial score (nSPS) is 17.0. The molecule has 0 aromatic carbocycles. The molecule has 0 saturated heterocycles. The van der Waals surface area contributed by atoms with Gasteiger partial charge in [-0.3, -0.25) is 9.59 Å². The first-order valence-electron chi connectivity index (χ1n) is 8.02. The molecule has 24 heavy (non-hydrogen) atoms. The average Bonchev–Trinajstić information content (AvgIpc) is 2.53. The molecule has 0 spiro atoms. The summed E-state index contributed by atoms with van der Waals surface area (Å²) in [6.45, 7) is 0.725. The van der Waals surface area contributed by atoms with E-state index in [0.717, 1.165) is 5.70 Å². The predicted octanol–water partition coefficient (Wildman–Crippen LogP) is -0.515. The van der Waals surface area contributed by atoms with Crippen LogP contribution in [-0.2, 0) is 9.59 Å². The molecule has 1 unspecified atom stereocenters. The third-order valence-corrected chi connectivity index (χ3v) is 4.00. The Bertz CT molecular complexity index is 498. The first-order valence-corrected chi connectivity index (χ1v) is 8.02. The second-order valence-corrected chi connectivity index (χ2v) is 5.71. The molecule has 0 heterocycles. The fourth-order valence-electron chi connectivity index (χ4n) is 2.65. The second-order valence-electron chi connectivity index (χ2n) is 5.71. The van der Waals surface area contributed by atoms with Gasteiger partial charge in [-0.1, -0.05) is 6.08 Å². The first kappa shape index (κ1) is 20.0. The lowest BCUT2D eigenvalue weighted by molar-refractivity contribution is -0.137. The number of aliphatic carboxylic acids is 1. The van der Waals surface area contributed by atoms with E-state index in [9.17, 15) is 9.59 Å². The van der Waals surface area contributed by atoms with E-state index in [0.29, 0.717) is 31.6 Å². The zero-order valence-electron chi connectivity index (χ0n) is 14.0. The maximum atomic E-state index is 12.1. The first-order chi connectivity index (χ1) is 11.4. The van der Waals surface area contributed by atoms with Gasteiger partial charge in [0.05, 0.1) is 19.3 Å². The molecule has 0 aromatic rings. The van der Waals surface area contributed by atoms with Crippen molar-refractivity contribution in [2.75, 3.05) is 33.4 Å². The monoisotopic (exact) mass is 341 g/mol. The Hall–Kier alpha value is -2.06. The van der Waals surface area contributed by atoms with Gasteiger partial charge in [0.25, 0.3) is 0 Å². The van der Waals surface area contributed by atoms with Gasteiger partial charge in [-0.15, -0.1) is 0 Å². The van der Waals surface area contributed by atoms with E-state index in [4.69, 9.17) is 21.1 Å². The van der Waals surface area contributed by atoms with Crippen LogP contribution < -0.4 is 5.73 Å². The summed E-state index contributed by atoms with van der Waals surface area (Å²) in [6.07, 6.45) is 4.65. The number of carbonyl (C=O) groups is 2. The SMILES string of the molecule is CN(C(=O)CCCC(=O)O)C1CC=C(N(CCO)CCO)C=C1N. The summed E-state index contributed by atoms with van der Waals surface area (Å²) in [4.78, 5) is 26.0. The highest BCUT2D eigenvalue weighted by Crippen LogP contribution is 2.22.